The maximum absolute atomic E-state index is 10.7. The Kier molecular flexibility index (Phi) is 3.90. The van der Waals surface area contributed by atoms with Gasteiger partial charge in [0.15, 0.2) is 0 Å². The van der Waals surface area contributed by atoms with E-state index in [4.69, 9.17) is 0 Å². The van der Waals surface area contributed by atoms with Crippen molar-refractivity contribution in [1.29, 1.82) is 0 Å². The second-order valence-corrected chi connectivity index (χ2v) is 5.61. The van der Waals surface area contributed by atoms with E-state index in [2.05, 4.69) is 33.4 Å². The Balaban J connectivity index is 1.86. The van der Waals surface area contributed by atoms with E-state index in [1.165, 1.54) is 12.1 Å². The third-order valence-corrected chi connectivity index (χ3v) is 3.75. The summed E-state index contributed by atoms with van der Waals surface area (Å²) in [5, 5.41) is 14.4. The fourth-order valence-corrected chi connectivity index (χ4v) is 2.40. The maximum Gasteiger partial charge on any atom is 0.269 e. The Bertz CT molecular complexity index is 647. The van der Waals surface area contributed by atoms with Crippen molar-refractivity contribution in [2.45, 2.75) is 0 Å². The molecule has 0 amide bonds. The van der Waals surface area contributed by atoms with E-state index in [0.717, 1.165) is 14.9 Å². The van der Waals surface area contributed by atoms with Crippen LogP contribution in [0.1, 0.15) is 0 Å². The molecule has 0 spiro atoms. The average Bonchev–Trinajstić information content (AvgIpc) is 2.97. The van der Waals surface area contributed by atoms with E-state index in [9.17, 15) is 10.1 Å². The van der Waals surface area contributed by atoms with Crippen molar-refractivity contribution in [3.63, 3.8) is 0 Å². The Morgan fingerprint density at radius 2 is 1.43 bits per heavy atom. The lowest BCUT2D eigenvalue weighted by Gasteiger charge is -2.29. The van der Waals surface area contributed by atoms with Crippen LogP contribution in [0.4, 0.5) is 17.1 Å². The summed E-state index contributed by atoms with van der Waals surface area (Å²) < 4.78 is 1.16. The Labute approximate surface area is 134 Å². The molecule has 0 bridgehead atoms. The van der Waals surface area contributed by atoms with Crippen LogP contribution >= 0.6 is 22.6 Å². The molecule has 0 atom stereocenters. The number of nitrogens with one attached hydrogen (secondary N) is 2. The molecule has 1 aliphatic rings. The van der Waals surface area contributed by atoms with Crippen LogP contribution in [-0.2, 0) is 0 Å². The molecule has 0 aromatic heterocycles. The number of nitro benzene ring substituents is 1. The summed E-state index contributed by atoms with van der Waals surface area (Å²) in [5.41, 5.74) is 8.21. The second-order valence-electron chi connectivity index (χ2n) is 4.37. The number of halogens is 1. The van der Waals surface area contributed by atoms with Crippen molar-refractivity contribution in [2.75, 3.05) is 16.9 Å². The topological polar surface area (TPSA) is 73.7 Å². The van der Waals surface area contributed by atoms with E-state index in [1.54, 1.807) is 12.1 Å². The third-order valence-electron chi connectivity index (χ3n) is 3.03. The summed E-state index contributed by atoms with van der Waals surface area (Å²) in [6.45, 7) is 0.572. The molecule has 0 saturated carbocycles. The number of hydrogen-bond donors (Lipinski definition) is 2. The molecule has 0 radical (unpaired) electrons. The van der Waals surface area contributed by atoms with Crippen molar-refractivity contribution in [3.8, 4) is 0 Å². The van der Waals surface area contributed by atoms with Crippen LogP contribution in [0.3, 0.4) is 0 Å². The van der Waals surface area contributed by atoms with Gasteiger partial charge in [-0.2, -0.15) is 10.9 Å². The standard InChI is InChI=1S/C13H12IN5O2/c14-10-1-3-11(4-2-10)17-15-9-16-18(17)12-5-7-13(8-6-12)19(20)21/h1-8,15-16H,9H2. The maximum atomic E-state index is 10.7. The van der Waals surface area contributed by atoms with Crippen LogP contribution in [0, 0.1) is 13.7 Å². The van der Waals surface area contributed by atoms with Gasteiger partial charge >= 0.3 is 0 Å². The van der Waals surface area contributed by atoms with Gasteiger partial charge in [0, 0.05) is 15.7 Å². The lowest BCUT2D eigenvalue weighted by molar-refractivity contribution is -0.384. The monoisotopic (exact) mass is 397 g/mol. The molecule has 2 aromatic carbocycles. The van der Waals surface area contributed by atoms with Gasteiger partial charge in [0.2, 0.25) is 0 Å². The first-order valence-electron chi connectivity index (χ1n) is 6.22. The number of hydrogen-bond acceptors (Lipinski definition) is 6. The Hall–Kier alpha value is -1.91. The van der Waals surface area contributed by atoms with Crippen molar-refractivity contribution in [3.05, 3.63) is 62.2 Å². The normalized spacial score (nSPS) is 14.5. The van der Waals surface area contributed by atoms with Crippen molar-refractivity contribution in [1.82, 2.24) is 10.9 Å². The van der Waals surface area contributed by atoms with E-state index in [1.807, 2.05) is 34.5 Å². The number of benzene rings is 2. The summed E-state index contributed by atoms with van der Waals surface area (Å²) in [5.74, 6) is 0. The number of nitrogens with zero attached hydrogens (tertiary/aromatic N) is 3. The van der Waals surface area contributed by atoms with Gasteiger partial charge in [0.05, 0.1) is 23.0 Å². The van der Waals surface area contributed by atoms with Gasteiger partial charge in [-0.25, -0.2) is 10.2 Å². The highest BCUT2D eigenvalue weighted by Gasteiger charge is 2.22. The lowest BCUT2D eigenvalue weighted by atomic mass is 10.3. The molecule has 0 aliphatic carbocycles. The molecule has 0 unspecified atom stereocenters. The Morgan fingerprint density at radius 1 is 0.952 bits per heavy atom. The summed E-state index contributed by atoms with van der Waals surface area (Å²) in [4.78, 5) is 10.3. The van der Waals surface area contributed by atoms with Crippen LogP contribution in [0.25, 0.3) is 0 Å². The largest absolute Gasteiger partial charge is 0.269 e. The predicted molar refractivity (Wildman–Crippen MR) is 88.4 cm³/mol. The number of hydrazine groups is 3. The van der Waals surface area contributed by atoms with E-state index in [-0.39, 0.29) is 5.69 Å². The van der Waals surface area contributed by atoms with E-state index in [0.29, 0.717) is 6.67 Å². The highest BCUT2D eigenvalue weighted by Crippen LogP contribution is 2.24. The minimum absolute atomic E-state index is 0.0757. The van der Waals surface area contributed by atoms with Gasteiger partial charge in [-0.3, -0.25) is 10.1 Å². The molecule has 2 N–H and O–H groups in total. The van der Waals surface area contributed by atoms with Crippen molar-refractivity contribution in [2.24, 2.45) is 0 Å². The molecule has 8 heteroatoms. The fraction of sp³-hybridized carbons (Fsp3) is 0.0769. The minimum Gasteiger partial charge on any atom is -0.258 e. The zero-order valence-corrected chi connectivity index (χ0v) is 13.0. The van der Waals surface area contributed by atoms with Gasteiger partial charge < -0.3 is 0 Å². The number of non-ortho nitro benzene ring substituents is 1. The van der Waals surface area contributed by atoms with Crippen LogP contribution in [0.15, 0.2) is 48.5 Å². The molecule has 7 nitrogen and oxygen atoms in total. The van der Waals surface area contributed by atoms with E-state index < -0.39 is 4.92 Å². The number of rotatable bonds is 3. The van der Waals surface area contributed by atoms with Crippen LogP contribution in [0.5, 0.6) is 0 Å². The quantitative estimate of drug-likeness (QED) is 0.471. The lowest BCUT2D eigenvalue weighted by Crippen LogP contribution is -2.45. The third kappa shape index (κ3) is 2.91. The van der Waals surface area contributed by atoms with Crippen molar-refractivity contribution < 1.29 is 4.92 Å². The predicted octanol–water partition coefficient (Wildman–Crippen LogP) is 2.41. The summed E-state index contributed by atoms with van der Waals surface area (Å²) in [6, 6.07) is 14.4. The SMILES string of the molecule is O=[N+]([O-])c1ccc(N2NCNN2c2ccc(I)cc2)cc1. The molecular weight excluding hydrogens is 385 g/mol. The first-order chi connectivity index (χ1) is 10.1. The summed E-state index contributed by atoms with van der Waals surface area (Å²) >= 11 is 2.25. The molecular formula is C13H12IN5O2. The highest BCUT2D eigenvalue weighted by molar-refractivity contribution is 14.1. The molecule has 1 aliphatic heterocycles. The zero-order chi connectivity index (χ0) is 14.8. The zero-order valence-electron chi connectivity index (χ0n) is 10.9. The molecule has 1 fully saturated rings. The van der Waals surface area contributed by atoms with Crippen molar-refractivity contribution >= 4 is 39.7 Å². The van der Waals surface area contributed by atoms with Gasteiger partial charge in [0.1, 0.15) is 0 Å². The van der Waals surface area contributed by atoms with E-state index >= 15 is 0 Å². The molecule has 1 heterocycles. The molecule has 2 aromatic rings. The molecule has 1 saturated heterocycles. The van der Waals surface area contributed by atoms with Gasteiger partial charge in [-0.05, 0) is 59.0 Å². The smallest absolute Gasteiger partial charge is 0.258 e. The van der Waals surface area contributed by atoms with Gasteiger partial charge in [0.25, 0.3) is 5.69 Å². The first-order valence-corrected chi connectivity index (χ1v) is 7.30. The molecule has 3 rings (SSSR count). The fourth-order valence-electron chi connectivity index (χ4n) is 2.04. The first kappa shape index (κ1) is 14.0. The van der Waals surface area contributed by atoms with Crippen LogP contribution in [-0.4, -0.2) is 11.6 Å². The van der Waals surface area contributed by atoms with Crippen LogP contribution < -0.4 is 21.1 Å². The summed E-state index contributed by atoms with van der Waals surface area (Å²) in [7, 11) is 0. The average molecular weight is 397 g/mol. The van der Waals surface area contributed by atoms with Crippen LogP contribution in [0.2, 0.25) is 0 Å². The Morgan fingerprint density at radius 3 is 1.90 bits per heavy atom. The van der Waals surface area contributed by atoms with Gasteiger partial charge in [-0.1, -0.05) is 0 Å². The van der Waals surface area contributed by atoms with Gasteiger partial charge in [-0.15, -0.1) is 0 Å². The minimum atomic E-state index is -0.406. The molecule has 21 heavy (non-hydrogen) atoms. The summed E-state index contributed by atoms with van der Waals surface area (Å²) in [6.07, 6.45) is 0. The highest BCUT2D eigenvalue weighted by atomic mass is 127. The molecule has 108 valence electrons. The second kappa shape index (κ2) is 5.84. The number of anilines is 2. The number of nitro groups is 1.